The molecule has 2 aromatic carbocycles. The first kappa shape index (κ1) is 22.1. The number of anilines is 2. The van der Waals surface area contributed by atoms with Crippen LogP contribution in [0.3, 0.4) is 0 Å². The molecule has 0 radical (unpaired) electrons. The van der Waals surface area contributed by atoms with Crippen LogP contribution < -0.4 is 20.5 Å². The van der Waals surface area contributed by atoms with E-state index >= 15 is 0 Å². The van der Waals surface area contributed by atoms with E-state index in [1.165, 1.54) is 17.0 Å². The van der Waals surface area contributed by atoms with Crippen molar-refractivity contribution in [2.45, 2.75) is 27.3 Å². The topological polar surface area (TPSA) is 76.5 Å². The van der Waals surface area contributed by atoms with Gasteiger partial charge in [0.1, 0.15) is 12.3 Å². The second kappa shape index (κ2) is 9.93. The number of carbonyl (C=O) groups excluding carboxylic acids is 1. The molecule has 0 aliphatic carbocycles. The summed E-state index contributed by atoms with van der Waals surface area (Å²) in [4.78, 5) is 31.7. The molecule has 1 heterocycles. The number of para-hydroxylation sites is 1. The number of rotatable bonds is 8. The number of hydrogen-bond donors (Lipinski definition) is 1. The van der Waals surface area contributed by atoms with E-state index in [9.17, 15) is 9.59 Å². The van der Waals surface area contributed by atoms with Crippen molar-refractivity contribution in [2.24, 2.45) is 0 Å². The predicted molar refractivity (Wildman–Crippen MR) is 124 cm³/mol. The highest BCUT2D eigenvalue weighted by Gasteiger charge is 2.12. The minimum absolute atomic E-state index is 0.116. The molecule has 0 fully saturated rings. The standard InChI is InChI=1S/C24H28N4O3/c1-5-27(6-2)18-11-12-20(17(3)13-18)26-23(29)15-28-16-25-21(14-24(28)30)19-9-7-8-10-22(19)31-4/h7-14,16H,5-6,15H2,1-4H3,(H,26,29). The Morgan fingerprint density at radius 2 is 1.87 bits per heavy atom. The Hall–Kier alpha value is -3.61. The Labute approximate surface area is 182 Å². The summed E-state index contributed by atoms with van der Waals surface area (Å²) in [7, 11) is 1.57. The highest BCUT2D eigenvalue weighted by Crippen LogP contribution is 2.27. The molecule has 0 unspecified atom stereocenters. The number of nitrogens with one attached hydrogen (secondary N) is 1. The quantitative estimate of drug-likeness (QED) is 0.601. The van der Waals surface area contributed by atoms with Crippen molar-refractivity contribution in [3.8, 4) is 17.0 Å². The molecule has 1 N–H and O–H groups in total. The third kappa shape index (κ3) is 5.12. The lowest BCUT2D eigenvalue weighted by atomic mass is 10.1. The van der Waals surface area contributed by atoms with Gasteiger partial charge in [-0.2, -0.15) is 0 Å². The minimum atomic E-state index is -0.306. The highest BCUT2D eigenvalue weighted by molar-refractivity contribution is 5.91. The number of methoxy groups -OCH3 is 1. The summed E-state index contributed by atoms with van der Waals surface area (Å²) < 4.78 is 6.62. The van der Waals surface area contributed by atoms with Crippen molar-refractivity contribution in [3.63, 3.8) is 0 Å². The second-order valence-electron chi connectivity index (χ2n) is 7.16. The molecule has 1 aromatic heterocycles. The fraction of sp³-hybridized carbons (Fsp3) is 0.292. The fourth-order valence-electron chi connectivity index (χ4n) is 3.47. The summed E-state index contributed by atoms with van der Waals surface area (Å²) in [6, 6.07) is 14.7. The van der Waals surface area contributed by atoms with Crippen molar-refractivity contribution in [2.75, 3.05) is 30.4 Å². The highest BCUT2D eigenvalue weighted by atomic mass is 16.5. The molecule has 0 aliphatic heterocycles. The van der Waals surface area contributed by atoms with E-state index in [1.807, 2.05) is 43.3 Å². The lowest BCUT2D eigenvalue weighted by molar-refractivity contribution is -0.116. The maximum absolute atomic E-state index is 12.6. The summed E-state index contributed by atoms with van der Waals surface area (Å²) >= 11 is 0. The van der Waals surface area contributed by atoms with Gasteiger partial charge in [0, 0.05) is 36.1 Å². The summed E-state index contributed by atoms with van der Waals surface area (Å²) in [5, 5.41) is 2.89. The molecule has 0 saturated carbocycles. The number of aryl methyl sites for hydroxylation is 1. The number of aromatic nitrogens is 2. The lowest BCUT2D eigenvalue weighted by Crippen LogP contribution is -2.27. The van der Waals surface area contributed by atoms with Crippen LogP contribution in [0, 0.1) is 6.92 Å². The van der Waals surface area contributed by atoms with Gasteiger partial charge in [-0.15, -0.1) is 0 Å². The van der Waals surface area contributed by atoms with E-state index in [-0.39, 0.29) is 18.0 Å². The molecule has 3 aromatic rings. The van der Waals surface area contributed by atoms with E-state index < -0.39 is 0 Å². The van der Waals surface area contributed by atoms with Crippen molar-refractivity contribution in [1.82, 2.24) is 9.55 Å². The molecule has 7 heteroatoms. The normalized spacial score (nSPS) is 10.6. The first-order valence-corrected chi connectivity index (χ1v) is 10.3. The molecule has 162 valence electrons. The van der Waals surface area contributed by atoms with Crippen molar-refractivity contribution < 1.29 is 9.53 Å². The molecule has 0 atom stereocenters. The maximum atomic E-state index is 12.6. The van der Waals surface area contributed by atoms with Gasteiger partial charge in [-0.1, -0.05) is 12.1 Å². The van der Waals surface area contributed by atoms with Gasteiger partial charge in [0.05, 0.1) is 19.1 Å². The molecule has 31 heavy (non-hydrogen) atoms. The number of hydrogen-bond acceptors (Lipinski definition) is 5. The smallest absolute Gasteiger partial charge is 0.254 e. The largest absolute Gasteiger partial charge is 0.496 e. The zero-order valence-corrected chi connectivity index (χ0v) is 18.4. The number of nitrogens with zero attached hydrogens (tertiary/aromatic N) is 3. The zero-order chi connectivity index (χ0) is 22.4. The molecule has 0 spiro atoms. The third-order valence-corrected chi connectivity index (χ3v) is 5.19. The summed E-state index contributed by atoms with van der Waals surface area (Å²) in [6.07, 6.45) is 1.39. The van der Waals surface area contributed by atoms with Crippen molar-refractivity contribution in [3.05, 3.63) is 70.8 Å². The molecule has 0 saturated heterocycles. The van der Waals surface area contributed by atoms with Gasteiger partial charge in [-0.25, -0.2) is 4.98 Å². The van der Waals surface area contributed by atoms with Crippen LogP contribution in [-0.2, 0) is 11.3 Å². The average molecular weight is 421 g/mol. The summed E-state index contributed by atoms with van der Waals surface area (Å²) in [5.41, 5.74) is 3.74. The SMILES string of the molecule is CCN(CC)c1ccc(NC(=O)Cn2cnc(-c3ccccc3OC)cc2=O)c(C)c1. The van der Waals surface area contributed by atoms with E-state index in [2.05, 4.69) is 35.1 Å². The van der Waals surface area contributed by atoms with E-state index in [0.29, 0.717) is 11.4 Å². The van der Waals surface area contributed by atoms with Crippen LogP contribution >= 0.6 is 0 Å². The van der Waals surface area contributed by atoms with E-state index in [0.717, 1.165) is 35.6 Å². The molecule has 0 aliphatic rings. The van der Waals surface area contributed by atoms with Crippen LogP contribution in [-0.4, -0.2) is 35.7 Å². The monoisotopic (exact) mass is 420 g/mol. The van der Waals surface area contributed by atoms with Crippen LogP contribution in [0.4, 0.5) is 11.4 Å². The third-order valence-electron chi connectivity index (χ3n) is 5.19. The number of carbonyl (C=O) groups is 1. The number of benzene rings is 2. The Morgan fingerprint density at radius 1 is 1.13 bits per heavy atom. The predicted octanol–water partition coefficient (Wildman–Crippen LogP) is 3.71. The second-order valence-corrected chi connectivity index (χ2v) is 7.16. The van der Waals surface area contributed by atoms with Gasteiger partial charge < -0.3 is 15.0 Å². The Bertz CT molecular complexity index is 1120. The van der Waals surface area contributed by atoms with Crippen molar-refractivity contribution in [1.29, 1.82) is 0 Å². The van der Waals surface area contributed by atoms with Crippen LogP contribution in [0.15, 0.2) is 59.7 Å². The first-order valence-electron chi connectivity index (χ1n) is 10.3. The molecule has 7 nitrogen and oxygen atoms in total. The van der Waals surface area contributed by atoms with E-state index in [4.69, 9.17) is 4.74 Å². The Morgan fingerprint density at radius 3 is 2.52 bits per heavy atom. The maximum Gasteiger partial charge on any atom is 0.254 e. The van der Waals surface area contributed by atoms with Gasteiger partial charge in [0.25, 0.3) is 5.56 Å². The van der Waals surface area contributed by atoms with Gasteiger partial charge >= 0.3 is 0 Å². The molecular formula is C24H28N4O3. The minimum Gasteiger partial charge on any atom is -0.496 e. The van der Waals surface area contributed by atoms with Gasteiger partial charge in [-0.05, 0) is 56.7 Å². The van der Waals surface area contributed by atoms with Gasteiger partial charge in [0.15, 0.2) is 0 Å². The van der Waals surface area contributed by atoms with Crippen molar-refractivity contribution >= 4 is 17.3 Å². The summed E-state index contributed by atoms with van der Waals surface area (Å²) in [6.45, 7) is 7.90. The summed E-state index contributed by atoms with van der Waals surface area (Å²) in [5.74, 6) is 0.348. The lowest BCUT2D eigenvalue weighted by Gasteiger charge is -2.22. The zero-order valence-electron chi connectivity index (χ0n) is 18.4. The Kier molecular flexibility index (Phi) is 7.07. The molecular weight excluding hydrogens is 392 g/mol. The Balaban J connectivity index is 1.73. The number of ether oxygens (including phenoxy) is 1. The fourth-order valence-corrected chi connectivity index (χ4v) is 3.47. The molecule has 1 amide bonds. The van der Waals surface area contributed by atoms with Gasteiger partial charge in [0.2, 0.25) is 5.91 Å². The van der Waals surface area contributed by atoms with Crippen LogP contribution in [0.5, 0.6) is 5.75 Å². The van der Waals surface area contributed by atoms with Crippen LogP contribution in [0.25, 0.3) is 11.3 Å². The molecule has 0 bridgehead atoms. The number of amides is 1. The van der Waals surface area contributed by atoms with Gasteiger partial charge in [-0.3, -0.25) is 14.2 Å². The molecule has 3 rings (SSSR count). The van der Waals surface area contributed by atoms with Crippen LogP contribution in [0.1, 0.15) is 19.4 Å². The van der Waals surface area contributed by atoms with Crippen LogP contribution in [0.2, 0.25) is 0 Å². The average Bonchev–Trinajstić information content (AvgIpc) is 2.77. The first-order chi connectivity index (χ1) is 15.0. The van der Waals surface area contributed by atoms with E-state index in [1.54, 1.807) is 7.11 Å².